The first kappa shape index (κ1) is 18.9. The van der Waals surface area contributed by atoms with Crippen LogP contribution >= 0.6 is 0 Å². The molecule has 1 aromatic rings. The van der Waals surface area contributed by atoms with Crippen molar-refractivity contribution in [1.82, 2.24) is 0 Å². The van der Waals surface area contributed by atoms with Crippen LogP contribution in [0.3, 0.4) is 0 Å². The minimum absolute atomic E-state index is 0.183. The summed E-state index contributed by atoms with van der Waals surface area (Å²) >= 11 is 0. The maximum Gasteiger partial charge on any atom is 0.573 e. The molecule has 6 heteroatoms. The van der Waals surface area contributed by atoms with Gasteiger partial charge < -0.3 is 9.16 Å². The summed E-state index contributed by atoms with van der Waals surface area (Å²) in [5, 5.41) is 0. The Morgan fingerprint density at radius 3 is 1.59 bits per heavy atom. The molecular formula is C16H25F3O2Si. The lowest BCUT2D eigenvalue weighted by molar-refractivity contribution is -0.275. The van der Waals surface area contributed by atoms with E-state index in [1.807, 2.05) is 0 Å². The molecule has 1 aromatic carbocycles. The Bertz CT molecular complexity index is 463. The molecule has 126 valence electrons. The average Bonchev–Trinajstić information content (AvgIpc) is 2.34. The Kier molecular flexibility index (Phi) is 5.95. The zero-order chi connectivity index (χ0) is 17.1. The molecule has 0 aromatic heterocycles. The maximum absolute atomic E-state index is 12.6. The highest BCUT2D eigenvalue weighted by molar-refractivity contribution is 6.78. The van der Waals surface area contributed by atoms with E-state index in [-0.39, 0.29) is 28.1 Å². The molecule has 0 unspecified atom stereocenters. The zero-order valence-corrected chi connectivity index (χ0v) is 15.0. The Hall–Kier alpha value is -1.17. The van der Waals surface area contributed by atoms with Gasteiger partial charge in [0.05, 0.1) is 0 Å². The van der Waals surface area contributed by atoms with E-state index in [2.05, 4.69) is 46.3 Å². The summed E-state index contributed by atoms with van der Waals surface area (Å²) in [6.45, 7) is 12.5. The van der Waals surface area contributed by atoms with Crippen molar-refractivity contribution in [2.75, 3.05) is 0 Å². The molecule has 0 aliphatic heterocycles. The largest absolute Gasteiger partial charge is 0.573 e. The lowest BCUT2D eigenvalue weighted by atomic mass is 10.3. The number of rotatable bonds is 6. The van der Waals surface area contributed by atoms with Crippen LogP contribution in [-0.4, -0.2) is 14.7 Å². The Balaban J connectivity index is 3.25. The summed E-state index contributed by atoms with van der Waals surface area (Å²) < 4.78 is 48.1. The molecule has 0 heterocycles. The second kappa shape index (κ2) is 6.94. The van der Waals surface area contributed by atoms with Crippen LogP contribution in [0.15, 0.2) is 24.3 Å². The van der Waals surface area contributed by atoms with Crippen molar-refractivity contribution in [3.05, 3.63) is 24.3 Å². The van der Waals surface area contributed by atoms with Gasteiger partial charge in [0, 0.05) is 0 Å². The molecule has 0 aliphatic carbocycles. The molecule has 0 saturated heterocycles. The minimum atomic E-state index is -4.73. The number of para-hydroxylation sites is 2. The van der Waals surface area contributed by atoms with Crippen LogP contribution in [0.1, 0.15) is 41.5 Å². The molecule has 2 nitrogen and oxygen atoms in total. The molecule has 22 heavy (non-hydrogen) atoms. The van der Waals surface area contributed by atoms with Gasteiger partial charge in [0.2, 0.25) is 0 Å². The van der Waals surface area contributed by atoms with Gasteiger partial charge in [-0.3, -0.25) is 0 Å². The summed E-state index contributed by atoms with van der Waals surface area (Å²) in [6, 6.07) is 6.02. The van der Waals surface area contributed by atoms with Crippen LogP contribution in [0.25, 0.3) is 0 Å². The lowest BCUT2D eigenvalue weighted by Gasteiger charge is -2.42. The molecule has 0 radical (unpaired) electrons. The molecule has 0 atom stereocenters. The number of halogens is 3. The monoisotopic (exact) mass is 334 g/mol. The highest BCUT2D eigenvalue weighted by atomic mass is 28.4. The third-order valence-electron chi connectivity index (χ3n) is 4.07. The summed E-state index contributed by atoms with van der Waals surface area (Å²) in [5.74, 6) is -0.0867. The van der Waals surface area contributed by atoms with Crippen LogP contribution in [0, 0.1) is 0 Å². The summed E-state index contributed by atoms with van der Waals surface area (Å²) in [7, 11) is -2.32. The molecule has 0 spiro atoms. The van der Waals surface area contributed by atoms with Crippen molar-refractivity contribution < 1.29 is 22.3 Å². The maximum atomic E-state index is 12.6. The van der Waals surface area contributed by atoms with Gasteiger partial charge in [-0.15, -0.1) is 13.2 Å². The topological polar surface area (TPSA) is 18.5 Å². The average molecular weight is 334 g/mol. The molecule has 0 fully saturated rings. The number of hydrogen-bond acceptors (Lipinski definition) is 2. The van der Waals surface area contributed by atoms with Crippen LogP contribution in [0.4, 0.5) is 13.2 Å². The molecule has 0 saturated carbocycles. The van der Waals surface area contributed by atoms with Crippen LogP contribution in [0.2, 0.25) is 16.6 Å². The van der Waals surface area contributed by atoms with Gasteiger partial charge in [0.15, 0.2) is 5.75 Å². The Morgan fingerprint density at radius 2 is 1.23 bits per heavy atom. The zero-order valence-electron chi connectivity index (χ0n) is 14.0. The second-order valence-corrected chi connectivity index (χ2v) is 11.8. The standard InChI is InChI=1S/C16H25F3O2Si/c1-11(2)22(12(3)4,13(5)6)21-15-10-8-7-9-14(15)20-16(17,18)19/h7-13H,1-6H3. The Labute approximate surface area is 131 Å². The van der Waals surface area contributed by atoms with Crippen molar-refractivity contribution in [3.63, 3.8) is 0 Å². The Morgan fingerprint density at radius 1 is 0.818 bits per heavy atom. The molecule has 1 rings (SSSR count). The highest BCUT2D eigenvalue weighted by Crippen LogP contribution is 2.45. The first-order chi connectivity index (χ1) is 10.0. The predicted molar refractivity (Wildman–Crippen MR) is 84.8 cm³/mol. The van der Waals surface area contributed by atoms with Crippen molar-refractivity contribution >= 4 is 8.32 Å². The molecular weight excluding hydrogens is 309 g/mol. The summed E-state index contributed by atoms with van der Waals surface area (Å²) in [4.78, 5) is 0. The van der Waals surface area contributed by atoms with Crippen LogP contribution in [-0.2, 0) is 0 Å². The first-order valence-electron chi connectivity index (χ1n) is 7.54. The number of alkyl halides is 3. The predicted octanol–water partition coefficient (Wildman–Crippen LogP) is 6.14. The highest BCUT2D eigenvalue weighted by Gasteiger charge is 2.47. The third kappa shape index (κ3) is 4.18. The van der Waals surface area contributed by atoms with Gasteiger partial charge in [-0.05, 0) is 28.8 Å². The van der Waals surface area contributed by atoms with Gasteiger partial charge in [-0.1, -0.05) is 53.7 Å². The lowest BCUT2D eigenvalue weighted by Crippen LogP contribution is -2.50. The minimum Gasteiger partial charge on any atom is -0.540 e. The summed E-state index contributed by atoms with van der Waals surface area (Å²) in [5.41, 5.74) is 0.810. The second-order valence-electron chi connectivity index (χ2n) is 6.41. The van der Waals surface area contributed by atoms with E-state index >= 15 is 0 Å². The fraction of sp³-hybridized carbons (Fsp3) is 0.625. The molecule has 0 amide bonds. The van der Waals surface area contributed by atoms with E-state index in [0.717, 1.165) is 0 Å². The van der Waals surface area contributed by atoms with Gasteiger partial charge >= 0.3 is 6.36 Å². The van der Waals surface area contributed by atoms with Gasteiger partial charge in [0.1, 0.15) is 5.75 Å². The smallest absolute Gasteiger partial charge is 0.540 e. The SMILES string of the molecule is CC(C)[Si](Oc1ccccc1OC(F)(F)F)(C(C)C)C(C)C. The van der Waals surface area contributed by atoms with E-state index in [9.17, 15) is 13.2 Å². The fourth-order valence-electron chi connectivity index (χ4n) is 3.29. The van der Waals surface area contributed by atoms with Crippen LogP contribution < -0.4 is 9.16 Å². The summed E-state index contributed by atoms with van der Waals surface area (Å²) in [6.07, 6.45) is -4.73. The van der Waals surface area contributed by atoms with Crippen molar-refractivity contribution in [2.45, 2.75) is 64.5 Å². The van der Waals surface area contributed by atoms with Gasteiger partial charge in [-0.25, -0.2) is 0 Å². The number of benzene rings is 1. The van der Waals surface area contributed by atoms with Crippen molar-refractivity contribution in [1.29, 1.82) is 0 Å². The van der Waals surface area contributed by atoms with E-state index in [1.165, 1.54) is 12.1 Å². The molecule has 0 N–H and O–H groups in total. The molecule has 0 aliphatic rings. The van der Waals surface area contributed by atoms with E-state index < -0.39 is 14.7 Å². The first-order valence-corrected chi connectivity index (χ1v) is 9.68. The normalized spacial score (nSPS) is 13.1. The number of ether oxygens (including phenoxy) is 1. The van der Waals surface area contributed by atoms with Crippen molar-refractivity contribution in [2.24, 2.45) is 0 Å². The quantitative estimate of drug-likeness (QED) is 0.582. The fourth-order valence-corrected chi connectivity index (χ4v) is 8.54. The van der Waals surface area contributed by atoms with E-state index in [0.29, 0.717) is 0 Å². The number of hydrogen-bond donors (Lipinski definition) is 0. The van der Waals surface area contributed by atoms with Gasteiger partial charge in [-0.2, -0.15) is 0 Å². The van der Waals surface area contributed by atoms with E-state index in [4.69, 9.17) is 4.43 Å². The van der Waals surface area contributed by atoms with E-state index in [1.54, 1.807) is 12.1 Å². The van der Waals surface area contributed by atoms with Crippen molar-refractivity contribution in [3.8, 4) is 11.5 Å². The van der Waals surface area contributed by atoms with Crippen LogP contribution in [0.5, 0.6) is 11.5 Å². The van der Waals surface area contributed by atoms with Gasteiger partial charge in [0.25, 0.3) is 8.32 Å². The third-order valence-corrected chi connectivity index (χ3v) is 10.1. The molecule has 0 bridgehead atoms.